The Bertz CT molecular complexity index is 673. The van der Waals surface area contributed by atoms with Crippen molar-refractivity contribution in [3.63, 3.8) is 0 Å². The highest BCUT2D eigenvalue weighted by Gasteiger charge is 2.07. The fourth-order valence-corrected chi connectivity index (χ4v) is 1.33. The van der Waals surface area contributed by atoms with E-state index in [0.29, 0.717) is 5.69 Å². The van der Waals surface area contributed by atoms with Crippen LogP contribution in [-0.4, -0.2) is 15.1 Å². The van der Waals surface area contributed by atoms with Crippen molar-refractivity contribution in [2.75, 3.05) is 0 Å². The van der Waals surface area contributed by atoms with E-state index in [9.17, 15) is 14.7 Å². The number of aromatic amines is 2. The highest BCUT2D eigenvalue weighted by Crippen LogP contribution is 2.12. The summed E-state index contributed by atoms with van der Waals surface area (Å²) in [6.07, 6.45) is 0. The molecule has 1 heterocycles. The minimum Gasteiger partial charge on any atom is -0.494 e. The summed E-state index contributed by atoms with van der Waals surface area (Å²) in [5.41, 5.74) is -0.836. The van der Waals surface area contributed by atoms with Crippen molar-refractivity contribution in [1.82, 2.24) is 9.97 Å². The lowest BCUT2D eigenvalue weighted by Crippen LogP contribution is -2.24. The molecule has 0 atom stereocenters. The Kier molecular flexibility index (Phi) is 3.33. The lowest BCUT2D eigenvalue weighted by molar-refractivity contribution is 0.440. The van der Waals surface area contributed by atoms with Gasteiger partial charge in [-0.15, -0.1) is 0 Å². The standard InChI is InChI=1S/C11H10N4O3/c16-9-8(10(17)14-11(18)13-9)6-12-15-7-4-2-1-3-5-7/h1-5H,6H2,(H3,13,14,16,17,18). The van der Waals surface area contributed by atoms with E-state index in [-0.39, 0.29) is 12.1 Å². The molecule has 1 aromatic carbocycles. The van der Waals surface area contributed by atoms with Crippen LogP contribution in [0, 0.1) is 0 Å². The zero-order valence-electron chi connectivity index (χ0n) is 9.25. The molecule has 0 spiro atoms. The van der Waals surface area contributed by atoms with E-state index >= 15 is 0 Å². The molecule has 2 rings (SSSR count). The number of nitrogens with zero attached hydrogens (tertiary/aromatic N) is 2. The summed E-state index contributed by atoms with van der Waals surface area (Å²) >= 11 is 0. The fraction of sp³-hybridized carbons (Fsp3) is 0.0909. The zero-order chi connectivity index (χ0) is 13.0. The quantitative estimate of drug-likeness (QED) is 0.704. The molecule has 7 nitrogen and oxygen atoms in total. The maximum atomic E-state index is 11.4. The number of nitrogens with one attached hydrogen (secondary N) is 2. The second kappa shape index (κ2) is 5.09. The molecule has 0 saturated carbocycles. The summed E-state index contributed by atoms with van der Waals surface area (Å²) in [6, 6.07) is 8.95. The number of aromatic nitrogens is 2. The van der Waals surface area contributed by atoms with Gasteiger partial charge < -0.3 is 5.11 Å². The third-order valence-corrected chi connectivity index (χ3v) is 2.19. The maximum absolute atomic E-state index is 11.4. The van der Waals surface area contributed by atoms with Crippen LogP contribution in [0.1, 0.15) is 5.56 Å². The van der Waals surface area contributed by atoms with Gasteiger partial charge in [-0.3, -0.25) is 14.8 Å². The maximum Gasteiger partial charge on any atom is 0.328 e. The lowest BCUT2D eigenvalue weighted by Gasteiger charge is -1.97. The van der Waals surface area contributed by atoms with Crippen LogP contribution in [0.25, 0.3) is 0 Å². The molecule has 0 fully saturated rings. The molecule has 1 aromatic heterocycles. The van der Waals surface area contributed by atoms with Crippen molar-refractivity contribution < 1.29 is 5.11 Å². The van der Waals surface area contributed by atoms with Crippen molar-refractivity contribution in [1.29, 1.82) is 0 Å². The fourth-order valence-electron chi connectivity index (χ4n) is 1.33. The molecule has 0 aliphatic rings. The summed E-state index contributed by atoms with van der Waals surface area (Å²) in [4.78, 5) is 26.3. The van der Waals surface area contributed by atoms with E-state index in [2.05, 4.69) is 15.2 Å². The first-order valence-electron chi connectivity index (χ1n) is 5.14. The van der Waals surface area contributed by atoms with Crippen LogP contribution < -0.4 is 11.2 Å². The van der Waals surface area contributed by atoms with E-state index in [1.807, 2.05) is 11.1 Å². The molecule has 18 heavy (non-hydrogen) atoms. The van der Waals surface area contributed by atoms with Gasteiger partial charge in [-0.1, -0.05) is 18.2 Å². The minimum absolute atomic E-state index is 0.0331. The van der Waals surface area contributed by atoms with E-state index < -0.39 is 17.1 Å². The molecule has 0 aliphatic heterocycles. The monoisotopic (exact) mass is 246 g/mol. The average molecular weight is 246 g/mol. The second-order valence-electron chi connectivity index (χ2n) is 3.47. The average Bonchev–Trinajstić information content (AvgIpc) is 2.34. The van der Waals surface area contributed by atoms with Crippen molar-refractivity contribution >= 4 is 5.69 Å². The number of aromatic hydroxyl groups is 1. The highest BCUT2D eigenvalue weighted by molar-refractivity contribution is 5.34. The zero-order valence-corrected chi connectivity index (χ0v) is 9.25. The Morgan fingerprint density at radius 1 is 1.11 bits per heavy atom. The first-order chi connectivity index (χ1) is 8.66. The van der Waals surface area contributed by atoms with Gasteiger partial charge in [0.05, 0.1) is 12.2 Å². The van der Waals surface area contributed by atoms with Gasteiger partial charge in [-0.05, 0) is 12.1 Å². The lowest BCUT2D eigenvalue weighted by atomic mass is 10.3. The molecule has 0 radical (unpaired) electrons. The first-order valence-corrected chi connectivity index (χ1v) is 5.14. The summed E-state index contributed by atoms with van der Waals surface area (Å²) in [5, 5.41) is 17.1. The number of azo groups is 1. The molecule has 0 aliphatic carbocycles. The van der Waals surface area contributed by atoms with E-state index in [4.69, 9.17) is 0 Å². The molecule has 0 amide bonds. The van der Waals surface area contributed by atoms with Gasteiger partial charge in [0.2, 0.25) is 5.88 Å². The highest BCUT2D eigenvalue weighted by atomic mass is 16.3. The van der Waals surface area contributed by atoms with Gasteiger partial charge in [0.1, 0.15) is 5.56 Å². The van der Waals surface area contributed by atoms with Gasteiger partial charge in [0, 0.05) is 0 Å². The van der Waals surface area contributed by atoms with Gasteiger partial charge in [0.25, 0.3) is 5.56 Å². The number of H-pyrrole nitrogens is 2. The number of hydrogen-bond donors (Lipinski definition) is 3. The number of benzene rings is 1. The van der Waals surface area contributed by atoms with Crippen molar-refractivity contribution in [2.24, 2.45) is 10.2 Å². The smallest absolute Gasteiger partial charge is 0.328 e. The SMILES string of the molecule is O=c1[nH]c(O)c(CN=Nc2ccccc2)c(=O)[nH]1. The number of hydrogen-bond acceptors (Lipinski definition) is 5. The summed E-state index contributed by atoms with van der Waals surface area (Å²) in [5.74, 6) is -0.490. The summed E-state index contributed by atoms with van der Waals surface area (Å²) < 4.78 is 0. The van der Waals surface area contributed by atoms with Gasteiger partial charge in [-0.25, -0.2) is 4.79 Å². The van der Waals surface area contributed by atoms with Gasteiger partial charge >= 0.3 is 5.69 Å². The van der Waals surface area contributed by atoms with E-state index in [1.54, 1.807) is 24.3 Å². The Hall–Kier alpha value is -2.70. The Balaban J connectivity index is 2.19. The Labute approximate surface area is 101 Å². The summed E-state index contributed by atoms with van der Waals surface area (Å²) in [6.45, 7) is -0.118. The van der Waals surface area contributed by atoms with E-state index in [0.717, 1.165) is 0 Å². The molecular weight excluding hydrogens is 236 g/mol. The Morgan fingerprint density at radius 2 is 1.83 bits per heavy atom. The normalized spacial score (nSPS) is 10.9. The molecule has 3 N–H and O–H groups in total. The van der Waals surface area contributed by atoms with Crippen LogP contribution in [0.15, 0.2) is 50.1 Å². The third kappa shape index (κ3) is 2.70. The molecule has 2 aromatic rings. The van der Waals surface area contributed by atoms with Crippen LogP contribution in [0.5, 0.6) is 5.88 Å². The van der Waals surface area contributed by atoms with Crippen LogP contribution >= 0.6 is 0 Å². The van der Waals surface area contributed by atoms with Crippen LogP contribution in [0.4, 0.5) is 5.69 Å². The predicted octanol–water partition coefficient (Wildman–Crippen LogP) is 1.05. The van der Waals surface area contributed by atoms with E-state index in [1.165, 1.54) is 0 Å². The topological polar surface area (TPSA) is 111 Å². The summed E-state index contributed by atoms with van der Waals surface area (Å²) in [7, 11) is 0. The minimum atomic E-state index is -0.763. The molecule has 7 heteroatoms. The largest absolute Gasteiger partial charge is 0.494 e. The third-order valence-electron chi connectivity index (χ3n) is 2.19. The molecule has 92 valence electrons. The van der Waals surface area contributed by atoms with Crippen molar-refractivity contribution in [3.8, 4) is 5.88 Å². The number of rotatable bonds is 3. The molecule has 0 saturated heterocycles. The molecule has 0 bridgehead atoms. The predicted molar refractivity (Wildman–Crippen MR) is 64.0 cm³/mol. The van der Waals surface area contributed by atoms with Gasteiger partial charge in [-0.2, -0.15) is 10.2 Å². The van der Waals surface area contributed by atoms with Gasteiger partial charge in [0.15, 0.2) is 0 Å². The molecular formula is C11H10N4O3. The van der Waals surface area contributed by atoms with Crippen molar-refractivity contribution in [2.45, 2.75) is 6.54 Å². The first kappa shape index (κ1) is 11.8. The molecule has 0 unspecified atom stereocenters. The Morgan fingerprint density at radius 3 is 2.50 bits per heavy atom. The van der Waals surface area contributed by atoms with Crippen LogP contribution in [0.2, 0.25) is 0 Å². The van der Waals surface area contributed by atoms with Crippen molar-refractivity contribution in [3.05, 3.63) is 56.7 Å². The second-order valence-corrected chi connectivity index (χ2v) is 3.47. The van der Waals surface area contributed by atoms with Crippen LogP contribution in [-0.2, 0) is 6.54 Å². The van der Waals surface area contributed by atoms with Crippen LogP contribution in [0.3, 0.4) is 0 Å².